The van der Waals surface area contributed by atoms with E-state index in [0.717, 1.165) is 5.56 Å². The average molecular weight is 231 g/mol. The van der Waals surface area contributed by atoms with Gasteiger partial charge in [0.2, 0.25) is 0 Å². The highest BCUT2D eigenvalue weighted by atomic mass is 35.5. The normalized spacial score (nSPS) is 11.5. The summed E-state index contributed by atoms with van der Waals surface area (Å²) in [4.78, 5) is 13.9. The van der Waals surface area contributed by atoms with Crippen molar-refractivity contribution in [2.75, 3.05) is 6.54 Å². The summed E-state index contributed by atoms with van der Waals surface area (Å²) in [5.41, 5.74) is 1.49. The van der Waals surface area contributed by atoms with Gasteiger partial charge in [-0.05, 0) is 24.6 Å². The molecule has 14 heavy (non-hydrogen) atoms. The predicted octanol–water partition coefficient (Wildman–Crippen LogP) is 3.68. The smallest absolute Gasteiger partial charge is 0.134 e. The van der Waals surface area contributed by atoms with Crippen LogP contribution >= 0.6 is 23.2 Å². The summed E-state index contributed by atoms with van der Waals surface area (Å²) in [7, 11) is 0. The van der Waals surface area contributed by atoms with E-state index in [1.807, 2.05) is 6.92 Å². The number of benzene rings is 1. The summed E-state index contributed by atoms with van der Waals surface area (Å²) in [6.07, 6.45) is 0. The van der Waals surface area contributed by atoms with Crippen LogP contribution in [-0.4, -0.2) is 11.7 Å². The van der Waals surface area contributed by atoms with Gasteiger partial charge in [-0.3, -0.25) is 0 Å². The van der Waals surface area contributed by atoms with Crippen molar-refractivity contribution in [2.24, 2.45) is 10.2 Å². The van der Waals surface area contributed by atoms with E-state index >= 15 is 0 Å². The molecule has 0 radical (unpaired) electrons. The minimum Gasteiger partial charge on any atom is -0.239 e. The molecule has 0 saturated heterocycles. The van der Waals surface area contributed by atoms with Crippen LogP contribution in [-0.2, 0) is 0 Å². The molecule has 0 aromatic heterocycles. The fourth-order valence-corrected chi connectivity index (χ4v) is 1.25. The van der Waals surface area contributed by atoms with E-state index in [4.69, 9.17) is 23.2 Å². The molecule has 0 aliphatic carbocycles. The van der Waals surface area contributed by atoms with Crippen molar-refractivity contribution >= 4 is 34.1 Å². The van der Waals surface area contributed by atoms with Gasteiger partial charge in [-0.15, -0.1) is 0 Å². The first-order chi connectivity index (χ1) is 6.65. The Kier molecular flexibility index (Phi) is 4.04. The van der Waals surface area contributed by atoms with Gasteiger partial charge < -0.3 is 0 Å². The van der Waals surface area contributed by atoms with Crippen LogP contribution in [0.15, 0.2) is 28.4 Å². The maximum Gasteiger partial charge on any atom is 0.134 e. The summed E-state index contributed by atoms with van der Waals surface area (Å²) in [6.45, 7) is 1.72. The number of rotatable bonds is 3. The van der Waals surface area contributed by atoms with Crippen molar-refractivity contribution in [3.63, 3.8) is 0 Å². The van der Waals surface area contributed by atoms with Crippen LogP contribution in [0.3, 0.4) is 0 Å². The molecule has 1 rings (SSSR count). The monoisotopic (exact) mass is 230 g/mol. The molecule has 0 amide bonds. The molecule has 0 atom stereocenters. The Morgan fingerprint density at radius 3 is 2.86 bits per heavy atom. The molecule has 0 unspecified atom stereocenters. The lowest BCUT2D eigenvalue weighted by molar-refractivity contribution is 1.28. The highest BCUT2D eigenvalue weighted by Gasteiger charge is 2.01. The molecule has 0 spiro atoms. The highest BCUT2D eigenvalue weighted by Crippen LogP contribution is 2.25. The molecule has 0 N–H and O–H groups in total. The van der Waals surface area contributed by atoms with Gasteiger partial charge in [-0.2, -0.15) is 4.91 Å². The largest absolute Gasteiger partial charge is 0.239 e. The number of aliphatic imine (C=N–C) groups is 1. The topological polar surface area (TPSA) is 41.8 Å². The fraction of sp³-hybridized carbons (Fsp3) is 0.222. The summed E-state index contributed by atoms with van der Waals surface area (Å²) < 4.78 is 0. The van der Waals surface area contributed by atoms with E-state index in [0.29, 0.717) is 10.7 Å². The Labute approximate surface area is 91.7 Å². The van der Waals surface area contributed by atoms with Crippen LogP contribution in [0.25, 0.3) is 0 Å². The Hall–Kier alpha value is -0.930. The van der Waals surface area contributed by atoms with Gasteiger partial charge in [0.05, 0.1) is 5.69 Å². The van der Waals surface area contributed by atoms with E-state index in [1.165, 1.54) is 0 Å². The van der Waals surface area contributed by atoms with Crippen molar-refractivity contribution in [3.8, 4) is 0 Å². The molecule has 0 heterocycles. The van der Waals surface area contributed by atoms with Crippen LogP contribution in [0.4, 0.5) is 5.69 Å². The summed E-state index contributed by atoms with van der Waals surface area (Å²) >= 11 is 11.5. The minimum absolute atomic E-state index is 0.118. The number of halogens is 2. The minimum atomic E-state index is -0.118. The zero-order valence-electron chi connectivity index (χ0n) is 7.50. The molecule has 0 fully saturated rings. The molecule has 5 heteroatoms. The zero-order chi connectivity index (χ0) is 10.6. The first-order valence-corrected chi connectivity index (χ1v) is 4.68. The molecular formula is C9H8Cl2N2O. The standard InChI is InChI=1S/C9H8Cl2N2O/c1-6-7(10)3-2-4-8(6)13-9(11)5-12-14/h2-4H,5H2,1H3. The zero-order valence-corrected chi connectivity index (χ0v) is 9.01. The van der Waals surface area contributed by atoms with E-state index in [1.54, 1.807) is 18.2 Å². The quantitative estimate of drug-likeness (QED) is 0.577. The summed E-state index contributed by atoms with van der Waals surface area (Å²) in [5.74, 6) is 0. The predicted molar refractivity (Wildman–Crippen MR) is 59.8 cm³/mol. The average Bonchev–Trinajstić information content (AvgIpc) is 2.13. The van der Waals surface area contributed by atoms with Gasteiger partial charge in [-0.1, -0.05) is 34.4 Å². The molecular weight excluding hydrogens is 223 g/mol. The lowest BCUT2D eigenvalue weighted by Crippen LogP contribution is -1.91. The van der Waals surface area contributed by atoms with E-state index in [-0.39, 0.29) is 11.7 Å². The van der Waals surface area contributed by atoms with Crippen molar-refractivity contribution in [2.45, 2.75) is 6.92 Å². The van der Waals surface area contributed by atoms with Gasteiger partial charge in [0.15, 0.2) is 0 Å². The van der Waals surface area contributed by atoms with Crippen molar-refractivity contribution in [3.05, 3.63) is 33.7 Å². The molecule has 74 valence electrons. The van der Waals surface area contributed by atoms with Crippen LogP contribution in [0.5, 0.6) is 0 Å². The Bertz CT molecular complexity index is 377. The molecule has 3 nitrogen and oxygen atoms in total. The number of hydrogen-bond donors (Lipinski definition) is 0. The van der Waals surface area contributed by atoms with Crippen molar-refractivity contribution in [1.82, 2.24) is 0 Å². The number of nitrogens with zero attached hydrogens (tertiary/aromatic N) is 2. The molecule has 0 aliphatic heterocycles. The van der Waals surface area contributed by atoms with Crippen LogP contribution in [0, 0.1) is 11.8 Å². The molecule has 1 aromatic rings. The summed E-state index contributed by atoms with van der Waals surface area (Å²) in [5, 5.41) is 3.42. The number of hydrogen-bond acceptors (Lipinski definition) is 3. The second-order valence-electron chi connectivity index (χ2n) is 2.66. The van der Waals surface area contributed by atoms with Gasteiger partial charge in [0.25, 0.3) is 0 Å². The SMILES string of the molecule is Cc1c(Cl)cccc1N=C(Cl)CN=O. The van der Waals surface area contributed by atoms with E-state index in [2.05, 4.69) is 10.2 Å². The number of nitroso groups, excluding NO2 is 1. The third-order valence-electron chi connectivity index (χ3n) is 1.68. The first-order valence-electron chi connectivity index (χ1n) is 3.92. The van der Waals surface area contributed by atoms with E-state index < -0.39 is 0 Å². The lowest BCUT2D eigenvalue weighted by Gasteiger charge is -2.01. The molecule has 0 aliphatic rings. The van der Waals surface area contributed by atoms with Gasteiger partial charge >= 0.3 is 0 Å². The third-order valence-corrected chi connectivity index (χ3v) is 2.29. The first kappa shape index (κ1) is 11.1. The molecule has 1 aromatic carbocycles. The maximum atomic E-state index is 9.92. The van der Waals surface area contributed by atoms with Gasteiger partial charge in [-0.25, -0.2) is 4.99 Å². The Morgan fingerprint density at radius 2 is 2.21 bits per heavy atom. The molecule has 0 saturated carbocycles. The molecule has 0 bridgehead atoms. The Balaban J connectivity index is 3.02. The van der Waals surface area contributed by atoms with E-state index in [9.17, 15) is 4.91 Å². The summed E-state index contributed by atoms with van der Waals surface area (Å²) in [6, 6.07) is 5.31. The van der Waals surface area contributed by atoms with Crippen molar-refractivity contribution < 1.29 is 0 Å². The third kappa shape index (κ3) is 2.79. The van der Waals surface area contributed by atoms with Gasteiger partial charge in [0, 0.05) is 5.02 Å². The van der Waals surface area contributed by atoms with Crippen molar-refractivity contribution in [1.29, 1.82) is 0 Å². The second kappa shape index (κ2) is 5.08. The lowest BCUT2D eigenvalue weighted by atomic mass is 10.2. The van der Waals surface area contributed by atoms with Crippen LogP contribution in [0.1, 0.15) is 5.56 Å². The Morgan fingerprint density at radius 1 is 1.50 bits per heavy atom. The van der Waals surface area contributed by atoms with Crippen LogP contribution < -0.4 is 0 Å². The van der Waals surface area contributed by atoms with Gasteiger partial charge in [0.1, 0.15) is 11.7 Å². The fourth-order valence-electron chi connectivity index (χ4n) is 0.937. The highest BCUT2D eigenvalue weighted by molar-refractivity contribution is 6.66. The van der Waals surface area contributed by atoms with Crippen LogP contribution in [0.2, 0.25) is 5.02 Å². The second-order valence-corrected chi connectivity index (χ2v) is 3.50. The maximum absolute atomic E-state index is 9.92.